The molecule has 2 unspecified atom stereocenters. The Hall–Kier alpha value is -2.11. The Bertz CT molecular complexity index is 641. The number of nitrogens with zero attached hydrogens (tertiary/aromatic N) is 2. The third-order valence-corrected chi connectivity index (χ3v) is 4.91. The predicted octanol–water partition coefficient (Wildman–Crippen LogP) is 1.84. The number of hydrogen-bond acceptors (Lipinski definition) is 3. The molecule has 2 fully saturated rings. The third kappa shape index (κ3) is 3.16. The summed E-state index contributed by atoms with van der Waals surface area (Å²) in [4.78, 5) is 24.3. The van der Waals surface area contributed by atoms with E-state index in [1.807, 2.05) is 24.6 Å². The van der Waals surface area contributed by atoms with E-state index in [1.54, 1.807) is 6.20 Å². The van der Waals surface area contributed by atoms with Crippen molar-refractivity contribution in [2.45, 2.75) is 64.6 Å². The lowest BCUT2D eigenvalue weighted by Gasteiger charge is -2.33. The molecule has 23 heavy (non-hydrogen) atoms. The normalized spacial score (nSPS) is 23.9. The second-order valence-electron chi connectivity index (χ2n) is 6.32. The van der Waals surface area contributed by atoms with E-state index in [9.17, 15) is 9.59 Å². The summed E-state index contributed by atoms with van der Waals surface area (Å²) in [5.74, 6) is 0.0202. The molecule has 0 bridgehead atoms. The molecule has 0 spiro atoms. The van der Waals surface area contributed by atoms with Crippen molar-refractivity contribution < 1.29 is 9.59 Å². The van der Waals surface area contributed by atoms with Crippen molar-refractivity contribution in [3.63, 3.8) is 0 Å². The fourth-order valence-corrected chi connectivity index (χ4v) is 3.27. The molecule has 2 amide bonds. The van der Waals surface area contributed by atoms with Crippen LogP contribution < -0.4 is 10.6 Å². The summed E-state index contributed by atoms with van der Waals surface area (Å²) in [5.41, 5.74) is 3.05. The van der Waals surface area contributed by atoms with Crippen LogP contribution in [0.5, 0.6) is 0 Å². The van der Waals surface area contributed by atoms with Gasteiger partial charge >= 0.3 is 0 Å². The second kappa shape index (κ2) is 6.56. The number of amides is 2. The number of piperidine rings is 1. The number of nitrogens with one attached hydrogen (secondary N) is 2. The second-order valence-corrected chi connectivity index (χ2v) is 6.32. The van der Waals surface area contributed by atoms with Gasteiger partial charge in [0.25, 0.3) is 0 Å². The first-order valence-electron chi connectivity index (χ1n) is 8.40. The highest BCUT2D eigenvalue weighted by molar-refractivity contribution is 5.94. The Morgan fingerprint density at radius 1 is 1.43 bits per heavy atom. The number of aryl methyl sites for hydroxylation is 1. The molecule has 1 saturated heterocycles. The van der Waals surface area contributed by atoms with E-state index in [-0.39, 0.29) is 23.9 Å². The van der Waals surface area contributed by atoms with E-state index >= 15 is 0 Å². The van der Waals surface area contributed by atoms with Crippen LogP contribution in [0.4, 0.5) is 0 Å². The van der Waals surface area contributed by atoms with Gasteiger partial charge in [0, 0.05) is 24.7 Å². The molecule has 124 valence electrons. The maximum atomic E-state index is 12.5. The first-order valence-corrected chi connectivity index (χ1v) is 8.40. The minimum Gasteiger partial charge on any atom is -0.347 e. The monoisotopic (exact) mass is 316 g/mol. The minimum absolute atomic E-state index is 0.00610. The van der Waals surface area contributed by atoms with Crippen LogP contribution in [-0.2, 0) is 16.1 Å². The largest absolute Gasteiger partial charge is 0.347 e. The maximum absolute atomic E-state index is 12.5. The van der Waals surface area contributed by atoms with Gasteiger partial charge in [-0.15, -0.1) is 0 Å². The van der Waals surface area contributed by atoms with Crippen LogP contribution in [-0.4, -0.2) is 27.6 Å². The Kier molecular flexibility index (Phi) is 4.50. The van der Waals surface area contributed by atoms with Crippen LogP contribution in [0, 0.1) is 0 Å². The van der Waals surface area contributed by atoms with Crippen LogP contribution in [0.25, 0.3) is 0 Å². The highest BCUT2D eigenvalue weighted by Gasteiger charge is 2.33. The SMILES string of the molecule is CCn1nccc1C1NC(=O)CCC1NC(=O)C(C)=C1CCC1. The van der Waals surface area contributed by atoms with Gasteiger partial charge in [-0.3, -0.25) is 14.3 Å². The summed E-state index contributed by atoms with van der Waals surface area (Å²) in [6, 6.07) is 1.59. The lowest BCUT2D eigenvalue weighted by atomic mass is 9.87. The summed E-state index contributed by atoms with van der Waals surface area (Å²) < 4.78 is 1.87. The van der Waals surface area contributed by atoms with Crippen LogP contribution in [0.3, 0.4) is 0 Å². The topological polar surface area (TPSA) is 76.0 Å². The molecule has 2 aliphatic rings. The average Bonchev–Trinajstić information content (AvgIpc) is 2.95. The number of carbonyl (C=O) groups excluding carboxylic acids is 2. The molecule has 1 aromatic rings. The standard InChI is InChI=1S/C17H24N4O2/c1-3-21-14(9-10-18-21)16-13(7-8-15(22)20-16)19-17(23)11(2)12-5-4-6-12/h9-10,13,16H,3-8H2,1-2H3,(H,19,23)(H,20,22). The van der Waals surface area contributed by atoms with Crippen molar-refractivity contribution in [3.05, 3.63) is 29.1 Å². The molecule has 2 N–H and O–H groups in total. The summed E-state index contributed by atoms with van der Waals surface area (Å²) in [5, 5.41) is 10.4. The van der Waals surface area contributed by atoms with Gasteiger partial charge in [-0.1, -0.05) is 5.57 Å². The van der Waals surface area contributed by atoms with Gasteiger partial charge in [0.15, 0.2) is 0 Å². The average molecular weight is 316 g/mol. The van der Waals surface area contributed by atoms with Gasteiger partial charge in [0.1, 0.15) is 0 Å². The first-order chi connectivity index (χ1) is 11.1. The molecular weight excluding hydrogens is 292 g/mol. The molecule has 2 atom stereocenters. The van der Waals surface area contributed by atoms with Gasteiger partial charge in [0.2, 0.25) is 11.8 Å². The molecule has 3 rings (SSSR count). The van der Waals surface area contributed by atoms with Crippen molar-refractivity contribution in [1.29, 1.82) is 0 Å². The predicted molar refractivity (Wildman–Crippen MR) is 86.5 cm³/mol. The van der Waals surface area contributed by atoms with Crippen molar-refractivity contribution in [1.82, 2.24) is 20.4 Å². The van der Waals surface area contributed by atoms with E-state index in [0.717, 1.165) is 30.7 Å². The first kappa shape index (κ1) is 15.8. The number of carbonyl (C=O) groups is 2. The Morgan fingerprint density at radius 3 is 2.87 bits per heavy atom. The van der Waals surface area contributed by atoms with Crippen molar-refractivity contribution in [2.24, 2.45) is 0 Å². The lowest BCUT2D eigenvalue weighted by molar-refractivity contribution is -0.126. The molecule has 6 nitrogen and oxygen atoms in total. The Morgan fingerprint density at radius 2 is 2.22 bits per heavy atom. The molecule has 2 heterocycles. The van der Waals surface area contributed by atoms with Gasteiger partial charge in [-0.25, -0.2) is 0 Å². The van der Waals surface area contributed by atoms with Crippen LogP contribution in [0.1, 0.15) is 57.7 Å². The van der Waals surface area contributed by atoms with Gasteiger partial charge < -0.3 is 10.6 Å². The summed E-state index contributed by atoms with van der Waals surface area (Å²) in [6.45, 7) is 4.65. The zero-order chi connectivity index (χ0) is 16.4. The van der Waals surface area contributed by atoms with E-state index < -0.39 is 0 Å². The zero-order valence-electron chi connectivity index (χ0n) is 13.8. The summed E-state index contributed by atoms with van der Waals surface area (Å²) >= 11 is 0. The van der Waals surface area contributed by atoms with E-state index in [4.69, 9.17) is 0 Å². The van der Waals surface area contributed by atoms with Crippen molar-refractivity contribution >= 4 is 11.8 Å². The summed E-state index contributed by atoms with van der Waals surface area (Å²) in [7, 11) is 0. The van der Waals surface area contributed by atoms with Gasteiger partial charge in [0.05, 0.1) is 17.8 Å². The van der Waals surface area contributed by atoms with Gasteiger partial charge in [-0.05, 0) is 45.6 Å². The van der Waals surface area contributed by atoms with Crippen LogP contribution in [0.2, 0.25) is 0 Å². The summed E-state index contributed by atoms with van der Waals surface area (Å²) in [6.07, 6.45) is 6.08. The van der Waals surface area contributed by atoms with Crippen molar-refractivity contribution in [2.75, 3.05) is 0 Å². The van der Waals surface area contributed by atoms with Crippen LogP contribution in [0.15, 0.2) is 23.4 Å². The maximum Gasteiger partial charge on any atom is 0.247 e. The third-order valence-electron chi connectivity index (χ3n) is 4.91. The highest BCUT2D eigenvalue weighted by Crippen LogP contribution is 2.29. The quantitative estimate of drug-likeness (QED) is 0.832. The fourth-order valence-electron chi connectivity index (χ4n) is 3.27. The van der Waals surface area contributed by atoms with E-state index in [2.05, 4.69) is 15.7 Å². The number of rotatable bonds is 4. The van der Waals surface area contributed by atoms with E-state index in [1.165, 1.54) is 12.0 Å². The smallest absolute Gasteiger partial charge is 0.247 e. The molecule has 0 radical (unpaired) electrons. The van der Waals surface area contributed by atoms with E-state index in [0.29, 0.717) is 12.8 Å². The number of hydrogen-bond donors (Lipinski definition) is 2. The van der Waals surface area contributed by atoms with Gasteiger partial charge in [-0.2, -0.15) is 5.10 Å². The zero-order valence-corrected chi connectivity index (χ0v) is 13.8. The molecule has 1 aliphatic heterocycles. The fraction of sp³-hybridized carbons (Fsp3) is 0.588. The molecule has 1 aromatic heterocycles. The number of aromatic nitrogens is 2. The molecular formula is C17H24N4O2. The molecule has 1 saturated carbocycles. The minimum atomic E-state index is -0.221. The lowest BCUT2D eigenvalue weighted by Crippen LogP contribution is -2.51. The molecule has 0 aromatic carbocycles. The van der Waals surface area contributed by atoms with Crippen molar-refractivity contribution in [3.8, 4) is 0 Å². The Labute approximate surface area is 136 Å². The Balaban J connectivity index is 1.78. The molecule has 1 aliphatic carbocycles. The van der Waals surface area contributed by atoms with Crippen LogP contribution >= 0.6 is 0 Å². The highest BCUT2D eigenvalue weighted by atomic mass is 16.2. The number of allylic oxidation sites excluding steroid dienone is 1. The molecule has 6 heteroatoms.